The maximum Gasteiger partial charge on any atom is 0.252 e. The number of benzene rings is 1. The van der Waals surface area contributed by atoms with E-state index in [1.807, 2.05) is 67.8 Å². The van der Waals surface area contributed by atoms with Gasteiger partial charge in [-0.2, -0.15) is 0 Å². The molecule has 8 nitrogen and oxygen atoms in total. The summed E-state index contributed by atoms with van der Waals surface area (Å²) in [5.41, 5.74) is 0.816. The van der Waals surface area contributed by atoms with Crippen molar-refractivity contribution in [2.75, 3.05) is 36.6 Å². The lowest BCUT2D eigenvalue weighted by Crippen LogP contribution is -2.41. The van der Waals surface area contributed by atoms with E-state index in [2.05, 4.69) is 5.32 Å². The molecule has 0 aromatic heterocycles. The van der Waals surface area contributed by atoms with Crippen molar-refractivity contribution in [3.8, 4) is 0 Å². The number of hydrogen-bond donors (Lipinski definition) is 5. The van der Waals surface area contributed by atoms with Crippen LogP contribution in [-0.2, 0) is 9.59 Å². The molecule has 0 radical (unpaired) electrons. The summed E-state index contributed by atoms with van der Waals surface area (Å²) in [6, 6.07) is 1.72. The van der Waals surface area contributed by atoms with E-state index in [9.17, 15) is 19.8 Å². The molecule has 0 saturated heterocycles. The van der Waals surface area contributed by atoms with Crippen LogP contribution < -0.4 is 10.2 Å². The van der Waals surface area contributed by atoms with Crippen LogP contribution in [0.3, 0.4) is 0 Å². The van der Waals surface area contributed by atoms with Crippen molar-refractivity contribution in [2.24, 2.45) is 0 Å². The van der Waals surface area contributed by atoms with Crippen LogP contribution in [0.5, 0.6) is 0 Å². The molecule has 0 heterocycles. The number of nitrogens with one attached hydrogen (secondary N) is 1. The molecule has 134 valence electrons. The first kappa shape index (κ1) is 22.2. The molecule has 0 aliphatic rings. The van der Waals surface area contributed by atoms with E-state index in [1.165, 1.54) is 0 Å². The number of halogens is 3. The molecule has 1 unspecified atom stereocenters. The van der Waals surface area contributed by atoms with Crippen molar-refractivity contribution in [3.63, 3.8) is 0 Å². The van der Waals surface area contributed by atoms with Crippen molar-refractivity contribution in [2.45, 2.75) is 6.10 Å². The molecule has 1 rings (SSSR count). The summed E-state index contributed by atoms with van der Waals surface area (Å²) in [6.07, 6.45) is -1.18. The van der Waals surface area contributed by atoms with Crippen LogP contribution >= 0.6 is 67.8 Å². The van der Waals surface area contributed by atoms with E-state index >= 15 is 0 Å². The number of aliphatic hydroxyl groups is 4. The first-order chi connectivity index (χ1) is 11.3. The van der Waals surface area contributed by atoms with Crippen molar-refractivity contribution in [1.82, 2.24) is 0 Å². The number of amides is 2. The lowest BCUT2D eigenvalue weighted by molar-refractivity contribution is -0.121. The second-order valence-corrected chi connectivity index (χ2v) is 7.99. The number of aliphatic hydroxyl groups excluding tert-OH is 4. The summed E-state index contributed by atoms with van der Waals surface area (Å²) in [5.74, 6) is -1.26. The molecule has 0 aliphatic carbocycles. The van der Waals surface area contributed by atoms with Crippen molar-refractivity contribution in [1.29, 1.82) is 0 Å². The molecule has 2 amide bonds. The highest BCUT2D eigenvalue weighted by Gasteiger charge is 2.26. The van der Waals surface area contributed by atoms with E-state index in [0.717, 1.165) is 4.90 Å². The van der Waals surface area contributed by atoms with E-state index in [-0.39, 0.29) is 6.54 Å². The second kappa shape index (κ2) is 10.4. The Morgan fingerprint density at radius 1 is 1.12 bits per heavy atom. The molecule has 24 heavy (non-hydrogen) atoms. The third-order valence-electron chi connectivity index (χ3n) is 2.86. The monoisotopic (exact) mass is 676 g/mol. The normalized spacial score (nSPS) is 12.0. The van der Waals surface area contributed by atoms with Gasteiger partial charge in [-0.05, 0) is 73.8 Å². The van der Waals surface area contributed by atoms with Gasteiger partial charge in [-0.25, -0.2) is 0 Å². The second-order valence-electron chi connectivity index (χ2n) is 4.58. The molecule has 0 spiro atoms. The van der Waals surface area contributed by atoms with Gasteiger partial charge in [0.25, 0.3) is 5.91 Å². The topological polar surface area (TPSA) is 130 Å². The van der Waals surface area contributed by atoms with Gasteiger partial charge >= 0.3 is 0 Å². The SMILES string of the molecule is O=C(CO)Nc1c(I)cc(I)c(N(CC(O)CO)C(=O)CO)c1I. The first-order valence-corrected chi connectivity index (χ1v) is 9.78. The Balaban J connectivity index is 3.44. The van der Waals surface area contributed by atoms with Crippen molar-refractivity contribution >= 4 is 91.0 Å². The number of anilines is 2. The third kappa shape index (κ3) is 5.60. The maximum atomic E-state index is 12.1. The lowest BCUT2D eigenvalue weighted by atomic mass is 10.2. The summed E-state index contributed by atoms with van der Waals surface area (Å²) < 4.78 is 1.87. The third-order valence-corrected chi connectivity index (χ3v) is 5.59. The Kier molecular flexibility index (Phi) is 9.60. The number of carbonyl (C=O) groups is 2. The largest absolute Gasteiger partial charge is 0.394 e. The van der Waals surface area contributed by atoms with Gasteiger partial charge in [0.15, 0.2) is 0 Å². The van der Waals surface area contributed by atoms with E-state index < -0.39 is 37.7 Å². The molecule has 1 aromatic rings. The molecule has 5 N–H and O–H groups in total. The fraction of sp³-hybridized carbons (Fsp3) is 0.385. The fourth-order valence-corrected chi connectivity index (χ4v) is 6.02. The Bertz CT molecular complexity index is 628. The van der Waals surface area contributed by atoms with Crippen LogP contribution in [0.15, 0.2) is 6.07 Å². The van der Waals surface area contributed by atoms with Crippen LogP contribution in [0.2, 0.25) is 0 Å². The van der Waals surface area contributed by atoms with Gasteiger partial charge in [0.1, 0.15) is 13.2 Å². The molecular formula is C13H15I3N2O6. The van der Waals surface area contributed by atoms with Gasteiger partial charge < -0.3 is 30.6 Å². The van der Waals surface area contributed by atoms with Gasteiger partial charge in [-0.15, -0.1) is 0 Å². The smallest absolute Gasteiger partial charge is 0.252 e. The van der Waals surface area contributed by atoms with Crippen LogP contribution in [-0.4, -0.2) is 64.7 Å². The Hall–Kier alpha value is 0.190. The summed E-state index contributed by atoms with van der Waals surface area (Å²) in [6.45, 7) is -2.21. The predicted octanol–water partition coefficient (Wildman–Crippen LogP) is 0.110. The zero-order valence-corrected chi connectivity index (χ0v) is 18.6. The van der Waals surface area contributed by atoms with Crippen molar-refractivity contribution < 1.29 is 30.0 Å². The molecule has 0 bridgehead atoms. The van der Waals surface area contributed by atoms with Crippen LogP contribution in [0.4, 0.5) is 11.4 Å². The van der Waals surface area contributed by atoms with Gasteiger partial charge in [0.05, 0.1) is 34.2 Å². The number of carbonyl (C=O) groups excluding carboxylic acids is 2. The fourth-order valence-electron chi connectivity index (χ4n) is 1.79. The number of hydrogen-bond acceptors (Lipinski definition) is 6. The number of nitrogens with zero attached hydrogens (tertiary/aromatic N) is 1. The summed E-state index contributed by atoms with van der Waals surface area (Å²) >= 11 is 5.96. The van der Waals surface area contributed by atoms with E-state index in [1.54, 1.807) is 6.07 Å². The van der Waals surface area contributed by atoms with Gasteiger partial charge in [-0.3, -0.25) is 9.59 Å². The maximum absolute atomic E-state index is 12.1. The molecule has 0 fully saturated rings. The molecule has 1 atom stereocenters. The molecule has 0 saturated carbocycles. The molecule has 1 aromatic carbocycles. The summed E-state index contributed by atoms with van der Waals surface area (Å²) in [5, 5.41) is 39.4. The number of rotatable bonds is 7. The first-order valence-electron chi connectivity index (χ1n) is 6.55. The Labute approximate surface area is 179 Å². The molecule has 0 aliphatic heterocycles. The molecular weight excluding hydrogens is 661 g/mol. The highest BCUT2D eigenvalue weighted by molar-refractivity contribution is 14.1. The van der Waals surface area contributed by atoms with Crippen LogP contribution in [0.1, 0.15) is 0 Å². The zero-order chi connectivity index (χ0) is 18.4. The summed E-state index contributed by atoms with van der Waals surface area (Å²) in [4.78, 5) is 24.8. The minimum absolute atomic E-state index is 0.212. The summed E-state index contributed by atoms with van der Waals surface area (Å²) in [7, 11) is 0. The minimum Gasteiger partial charge on any atom is -0.394 e. The standard InChI is InChI=1S/C13H15I3N2O6/c14-7-1-8(15)13(11(16)12(7)17-9(23)4-20)18(10(24)5-21)2-6(22)3-19/h1,6,19-22H,2-5H2,(H,17,23). The van der Waals surface area contributed by atoms with Gasteiger partial charge in [0.2, 0.25) is 5.91 Å². The Morgan fingerprint density at radius 3 is 2.25 bits per heavy atom. The minimum atomic E-state index is -1.18. The van der Waals surface area contributed by atoms with Crippen LogP contribution in [0.25, 0.3) is 0 Å². The van der Waals surface area contributed by atoms with E-state index in [4.69, 9.17) is 10.2 Å². The van der Waals surface area contributed by atoms with Gasteiger partial charge in [0, 0.05) is 7.14 Å². The lowest BCUT2D eigenvalue weighted by Gasteiger charge is -2.27. The molecule has 11 heteroatoms. The quantitative estimate of drug-likeness (QED) is 0.261. The average Bonchev–Trinajstić information content (AvgIpc) is 2.56. The van der Waals surface area contributed by atoms with Crippen LogP contribution in [0, 0.1) is 10.7 Å². The highest BCUT2D eigenvalue weighted by atomic mass is 127. The zero-order valence-electron chi connectivity index (χ0n) is 12.2. The Morgan fingerprint density at radius 2 is 1.75 bits per heavy atom. The van der Waals surface area contributed by atoms with E-state index in [0.29, 0.717) is 22.1 Å². The van der Waals surface area contributed by atoms with Gasteiger partial charge in [-0.1, -0.05) is 0 Å². The predicted molar refractivity (Wildman–Crippen MR) is 113 cm³/mol. The average molecular weight is 676 g/mol. The van der Waals surface area contributed by atoms with Crippen molar-refractivity contribution in [3.05, 3.63) is 16.8 Å². The highest BCUT2D eigenvalue weighted by Crippen LogP contribution is 2.37.